The molecule has 0 aromatic heterocycles. The Morgan fingerprint density at radius 2 is 2.00 bits per heavy atom. The first-order valence-electron chi connectivity index (χ1n) is 7.97. The van der Waals surface area contributed by atoms with Gasteiger partial charge < -0.3 is 24.8 Å². The van der Waals surface area contributed by atoms with Gasteiger partial charge in [0.2, 0.25) is 12.7 Å². The summed E-state index contributed by atoms with van der Waals surface area (Å²) in [6.07, 6.45) is 0. The quantitative estimate of drug-likeness (QED) is 0.811. The third-order valence-electron chi connectivity index (χ3n) is 4.50. The summed E-state index contributed by atoms with van der Waals surface area (Å²) in [5.74, 6) is 1.73. The van der Waals surface area contributed by atoms with Crippen molar-refractivity contribution in [1.29, 1.82) is 5.26 Å². The van der Waals surface area contributed by atoms with Crippen LogP contribution < -0.4 is 24.8 Å². The molecule has 2 aliphatic rings. The molecule has 2 aliphatic heterocycles. The largest absolute Gasteiger partial charge is 0.454 e. The summed E-state index contributed by atoms with van der Waals surface area (Å²) >= 11 is 3.52. The van der Waals surface area contributed by atoms with E-state index in [-0.39, 0.29) is 18.6 Å². The van der Waals surface area contributed by atoms with Gasteiger partial charge in [0.1, 0.15) is 17.4 Å². The number of nitrogens with two attached hydrogens (primary N) is 1. The molecule has 2 N–H and O–H groups in total. The van der Waals surface area contributed by atoms with E-state index in [1.54, 1.807) is 0 Å². The van der Waals surface area contributed by atoms with E-state index in [1.807, 2.05) is 49.3 Å². The molecule has 7 heteroatoms. The van der Waals surface area contributed by atoms with Crippen molar-refractivity contribution >= 4 is 21.6 Å². The molecule has 0 bridgehead atoms. The minimum Gasteiger partial charge on any atom is -0.454 e. The van der Waals surface area contributed by atoms with E-state index < -0.39 is 0 Å². The number of allylic oxidation sites excluding steroid dienone is 1. The van der Waals surface area contributed by atoms with Crippen LogP contribution in [0.5, 0.6) is 17.2 Å². The maximum Gasteiger partial charge on any atom is 0.231 e. The van der Waals surface area contributed by atoms with Gasteiger partial charge in [-0.15, -0.1) is 0 Å². The first kappa shape index (κ1) is 16.6. The van der Waals surface area contributed by atoms with Crippen LogP contribution in [0.2, 0.25) is 0 Å². The summed E-state index contributed by atoms with van der Waals surface area (Å²) in [5, 5.41) is 9.68. The molecule has 26 heavy (non-hydrogen) atoms. The summed E-state index contributed by atoms with van der Waals surface area (Å²) in [6.45, 7) is 0.178. The van der Waals surface area contributed by atoms with Crippen LogP contribution in [0.25, 0.3) is 0 Å². The molecule has 0 aliphatic carbocycles. The fourth-order valence-corrected chi connectivity index (χ4v) is 3.79. The normalized spacial score (nSPS) is 17.4. The van der Waals surface area contributed by atoms with Crippen molar-refractivity contribution in [2.75, 3.05) is 25.8 Å². The third kappa shape index (κ3) is 2.54. The summed E-state index contributed by atoms with van der Waals surface area (Å²) in [5.41, 5.74) is 9.19. The molecule has 0 fully saturated rings. The van der Waals surface area contributed by atoms with Gasteiger partial charge in [0.05, 0.1) is 10.4 Å². The Balaban J connectivity index is 1.90. The fraction of sp³-hybridized carbons (Fsp3) is 0.211. The zero-order chi connectivity index (χ0) is 18.4. The van der Waals surface area contributed by atoms with Crippen molar-refractivity contribution in [2.24, 2.45) is 5.73 Å². The van der Waals surface area contributed by atoms with E-state index >= 15 is 0 Å². The van der Waals surface area contributed by atoms with E-state index in [0.717, 1.165) is 21.3 Å². The Hall–Kier alpha value is -2.85. The van der Waals surface area contributed by atoms with Crippen molar-refractivity contribution in [3.63, 3.8) is 0 Å². The SMILES string of the molecule is CN(C)c1ccc2c(c1)OC(N)=C(C#N)C2c1cc(Br)c2c(c1)OCO2. The minimum atomic E-state index is -0.342. The zero-order valence-corrected chi connectivity index (χ0v) is 15.8. The van der Waals surface area contributed by atoms with Crippen LogP contribution >= 0.6 is 15.9 Å². The van der Waals surface area contributed by atoms with E-state index in [0.29, 0.717) is 22.8 Å². The topological polar surface area (TPSA) is 80.7 Å². The van der Waals surface area contributed by atoms with E-state index in [2.05, 4.69) is 22.0 Å². The van der Waals surface area contributed by atoms with Gasteiger partial charge in [-0.05, 0) is 39.7 Å². The van der Waals surface area contributed by atoms with E-state index in [1.165, 1.54) is 0 Å². The zero-order valence-electron chi connectivity index (χ0n) is 14.2. The molecule has 6 nitrogen and oxygen atoms in total. The second-order valence-corrected chi connectivity index (χ2v) is 7.13. The predicted octanol–water partition coefficient (Wildman–Crippen LogP) is 3.46. The number of hydrogen-bond acceptors (Lipinski definition) is 6. The Morgan fingerprint density at radius 3 is 2.73 bits per heavy atom. The van der Waals surface area contributed by atoms with Gasteiger partial charge in [-0.3, -0.25) is 0 Å². The first-order chi connectivity index (χ1) is 12.5. The number of halogens is 1. The van der Waals surface area contributed by atoms with Crippen molar-refractivity contribution in [2.45, 2.75) is 5.92 Å². The van der Waals surface area contributed by atoms with Crippen LogP contribution in [-0.4, -0.2) is 20.9 Å². The maximum atomic E-state index is 9.68. The lowest BCUT2D eigenvalue weighted by molar-refractivity contribution is 0.173. The molecule has 0 spiro atoms. The lowest BCUT2D eigenvalue weighted by Gasteiger charge is -2.28. The average molecular weight is 414 g/mol. The molecule has 0 saturated heterocycles. The molecule has 4 rings (SSSR count). The van der Waals surface area contributed by atoms with Crippen molar-refractivity contribution in [3.05, 3.63) is 57.4 Å². The highest BCUT2D eigenvalue weighted by Crippen LogP contribution is 2.47. The second kappa shape index (κ2) is 6.15. The number of anilines is 1. The van der Waals surface area contributed by atoms with Crippen LogP contribution in [-0.2, 0) is 0 Å². The van der Waals surface area contributed by atoms with E-state index in [9.17, 15) is 5.26 Å². The number of fused-ring (bicyclic) bond motifs is 2. The molecular formula is C19H16BrN3O3. The van der Waals surface area contributed by atoms with Gasteiger partial charge in [-0.1, -0.05) is 6.07 Å². The molecule has 1 atom stereocenters. The van der Waals surface area contributed by atoms with Gasteiger partial charge in [0.25, 0.3) is 0 Å². The van der Waals surface area contributed by atoms with Crippen LogP contribution in [0.3, 0.4) is 0 Å². The Labute approximate surface area is 159 Å². The highest BCUT2D eigenvalue weighted by molar-refractivity contribution is 9.10. The van der Waals surface area contributed by atoms with E-state index in [4.69, 9.17) is 19.9 Å². The van der Waals surface area contributed by atoms with Gasteiger partial charge in [-0.25, -0.2) is 0 Å². The number of ether oxygens (including phenoxy) is 3. The number of nitrogens with zero attached hydrogens (tertiary/aromatic N) is 2. The highest BCUT2D eigenvalue weighted by Gasteiger charge is 2.32. The summed E-state index contributed by atoms with van der Waals surface area (Å²) in [4.78, 5) is 1.98. The molecule has 2 aromatic rings. The first-order valence-corrected chi connectivity index (χ1v) is 8.76. The lowest BCUT2D eigenvalue weighted by Crippen LogP contribution is -2.21. The molecular weight excluding hydrogens is 398 g/mol. The highest BCUT2D eigenvalue weighted by atomic mass is 79.9. The third-order valence-corrected chi connectivity index (χ3v) is 5.09. The average Bonchev–Trinajstić information content (AvgIpc) is 3.09. The number of rotatable bonds is 2. The molecule has 2 heterocycles. The van der Waals surface area contributed by atoms with Gasteiger partial charge in [0.15, 0.2) is 11.5 Å². The van der Waals surface area contributed by atoms with Gasteiger partial charge >= 0.3 is 0 Å². The van der Waals surface area contributed by atoms with Crippen molar-refractivity contribution in [3.8, 4) is 23.3 Å². The summed E-state index contributed by atoms with van der Waals surface area (Å²) < 4.78 is 17.5. The van der Waals surface area contributed by atoms with Crippen LogP contribution in [0.15, 0.2) is 46.3 Å². The Bertz CT molecular complexity index is 979. The molecule has 132 valence electrons. The standard InChI is InChI=1S/C19H16BrN3O3/c1-23(2)11-3-4-12-15(7-11)26-19(22)13(8-21)17(12)10-5-14(20)18-16(6-10)24-9-25-18/h3-7,17H,9,22H2,1-2H3. The monoisotopic (exact) mass is 413 g/mol. The predicted molar refractivity (Wildman–Crippen MR) is 100 cm³/mol. The number of nitriles is 1. The van der Waals surface area contributed by atoms with Gasteiger partial charge in [-0.2, -0.15) is 5.26 Å². The van der Waals surface area contributed by atoms with Gasteiger partial charge in [0, 0.05) is 31.4 Å². The molecule has 0 saturated carbocycles. The Kier molecular flexibility index (Phi) is 3.93. The molecule has 0 radical (unpaired) electrons. The Morgan fingerprint density at radius 1 is 1.19 bits per heavy atom. The maximum absolute atomic E-state index is 9.68. The van der Waals surface area contributed by atoms with Crippen LogP contribution in [0, 0.1) is 11.3 Å². The molecule has 0 amide bonds. The minimum absolute atomic E-state index is 0.120. The fourth-order valence-electron chi connectivity index (χ4n) is 3.22. The smallest absolute Gasteiger partial charge is 0.231 e. The lowest BCUT2D eigenvalue weighted by atomic mass is 9.83. The molecule has 1 unspecified atom stereocenters. The summed E-state index contributed by atoms with van der Waals surface area (Å²) in [6, 6.07) is 11.9. The van der Waals surface area contributed by atoms with Crippen molar-refractivity contribution in [1.82, 2.24) is 0 Å². The summed E-state index contributed by atoms with van der Waals surface area (Å²) in [7, 11) is 3.91. The van der Waals surface area contributed by atoms with Crippen LogP contribution in [0.4, 0.5) is 5.69 Å². The number of benzene rings is 2. The molecule has 2 aromatic carbocycles. The second-order valence-electron chi connectivity index (χ2n) is 6.28. The van der Waals surface area contributed by atoms with Crippen LogP contribution in [0.1, 0.15) is 17.0 Å². The number of hydrogen-bond donors (Lipinski definition) is 1. The van der Waals surface area contributed by atoms with Crippen molar-refractivity contribution < 1.29 is 14.2 Å².